The highest BCUT2D eigenvalue weighted by Gasteiger charge is 2.12. The van der Waals surface area contributed by atoms with Gasteiger partial charge in [-0.2, -0.15) is 0 Å². The second-order valence-electron chi connectivity index (χ2n) is 4.12. The van der Waals surface area contributed by atoms with Gasteiger partial charge in [-0.3, -0.25) is 4.79 Å². The SMILES string of the molecule is CCOC(CN)CC(=O)Nc1cccc(CC)c1. The highest BCUT2D eigenvalue weighted by Crippen LogP contribution is 2.12. The van der Waals surface area contributed by atoms with Crippen LogP contribution in [0.3, 0.4) is 0 Å². The topological polar surface area (TPSA) is 64.3 Å². The maximum atomic E-state index is 11.8. The summed E-state index contributed by atoms with van der Waals surface area (Å²) in [5.41, 5.74) is 7.57. The van der Waals surface area contributed by atoms with Crippen molar-refractivity contribution in [3.05, 3.63) is 29.8 Å². The van der Waals surface area contributed by atoms with E-state index in [1.54, 1.807) is 0 Å². The van der Waals surface area contributed by atoms with E-state index in [9.17, 15) is 4.79 Å². The lowest BCUT2D eigenvalue weighted by molar-refractivity contribution is -0.118. The average Bonchev–Trinajstić information content (AvgIpc) is 2.38. The van der Waals surface area contributed by atoms with Crippen LogP contribution in [-0.2, 0) is 16.0 Å². The molecule has 1 rings (SSSR count). The zero-order valence-electron chi connectivity index (χ0n) is 11.1. The lowest BCUT2D eigenvalue weighted by Crippen LogP contribution is -2.29. The summed E-state index contributed by atoms with van der Waals surface area (Å²) in [5, 5.41) is 2.87. The van der Waals surface area contributed by atoms with Crippen LogP contribution >= 0.6 is 0 Å². The minimum atomic E-state index is -0.204. The van der Waals surface area contributed by atoms with E-state index in [0.29, 0.717) is 19.6 Å². The minimum absolute atomic E-state index is 0.0628. The second-order valence-corrected chi connectivity index (χ2v) is 4.12. The number of benzene rings is 1. The fourth-order valence-corrected chi connectivity index (χ4v) is 1.73. The fourth-order valence-electron chi connectivity index (χ4n) is 1.73. The van der Waals surface area contributed by atoms with Gasteiger partial charge < -0.3 is 15.8 Å². The van der Waals surface area contributed by atoms with E-state index in [2.05, 4.69) is 12.2 Å². The van der Waals surface area contributed by atoms with Crippen LogP contribution in [0, 0.1) is 0 Å². The molecular weight excluding hydrogens is 228 g/mol. The number of amides is 1. The van der Waals surface area contributed by atoms with E-state index >= 15 is 0 Å². The first kappa shape index (κ1) is 14.7. The van der Waals surface area contributed by atoms with Crippen molar-refractivity contribution in [3.8, 4) is 0 Å². The van der Waals surface area contributed by atoms with E-state index in [1.165, 1.54) is 5.56 Å². The van der Waals surface area contributed by atoms with Crippen molar-refractivity contribution < 1.29 is 9.53 Å². The van der Waals surface area contributed by atoms with Crippen LogP contribution in [0.5, 0.6) is 0 Å². The van der Waals surface area contributed by atoms with Crippen molar-refractivity contribution >= 4 is 11.6 Å². The maximum Gasteiger partial charge on any atom is 0.227 e. The van der Waals surface area contributed by atoms with Crippen LogP contribution in [0.1, 0.15) is 25.8 Å². The van der Waals surface area contributed by atoms with Gasteiger partial charge in [0, 0.05) is 18.8 Å². The molecule has 0 aliphatic carbocycles. The number of rotatable bonds is 7. The normalized spacial score (nSPS) is 12.2. The van der Waals surface area contributed by atoms with Gasteiger partial charge in [0.15, 0.2) is 0 Å². The number of anilines is 1. The zero-order chi connectivity index (χ0) is 13.4. The molecule has 4 nitrogen and oxygen atoms in total. The Hall–Kier alpha value is -1.39. The van der Waals surface area contributed by atoms with E-state index < -0.39 is 0 Å². The number of nitrogens with two attached hydrogens (primary N) is 1. The predicted octanol–water partition coefficient (Wildman–Crippen LogP) is 1.94. The molecule has 1 unspecified atom stereocenters. The van der Waals surface area contributed by atoms with Gasteiger partial charge in [0.2, 0.25) is 5.91 Å². The molecule has 3 N–H and O–H groups in total. The standard InChI is InChI=1S/C14H22N2O2/c1-3-11-6-5-7-12(8-11)16-14(17)9-13(10-15)18-4-2/h5-8,13H,3-4,9-10,15H2,1-2H3,(H,16,17). The van der Waals surface area contributed by atoms with Crippen LogP contribution in [0.2, 0.25) is 0 Å². The molecule has 0 aromatic heterocycles. The summed E-state index contributed by atoms with van der Waals surface area (Å²) in [6.45, 7) is 4.91. The third kappa shape index (κ3) is 4.85. The van der Waals surface area contributed by atoms with Crippen molar-refractivity contribution in [2.75, 3.05) is 18.5 Å². The number of hydrogen-bond donors (Lipinski definition) is 2. The molecule has 0 fully saturated rings. The molecule has 18 heavy (non-hydrogen) atoms. The summed E-state index contributed by atoms with van der Waals surface area (Å²) in [4.78, 5) is 11.8. The molecule has 0 saturated heterocycles. The molecule has 100 valence electrons. The van der Waals surface area contributed by atoms with Gasteiger partial charge >= 0.3 is 0 Å². The van der Waals surface area contributed by atoms with Crippen LogP contribution in [0.25, 0.3) is 0 Å². The van der Waals surface area contributed by atoms with E-state index in [-0.39, 0.29) is 12.0 Å². The van der Waals surface area contributed by atoms with Crippen molar-refractivity contribution in [2.45, 2.75) is 32.8 Å². The molecule has 1 aromatic carbocycles. The Morgan fingerprint density at radius 3 is 2.83 bits per heavy atom. The number of carbonyl (C=O) groups excluding carboxylic acids is 1. The quantitative estimate of drug-likeness (QED) is 0.777. The predicted molar refractivity (Wildman–Crippen MR) is 73.5 cm³/mol. The number of hydrogen-bond acceptors (Lipinski definition) is 3. The Morgan fingerprint density at radius 1 is 1.44 bits per heavy atom. The lowest BCUT2D eigenvalue weighted by Gasteiger charge is -2.14. The monoisotopic (exact) mass is 250 g/mol. The molecule has 0 heterocycles. The van der Waals surface area contributed by atoms with Crippen LogP contribution < -0.4 is 11.1 Å². The smallest absolute Gasteiger partial charge is 0.227 e. The van der Waals surface area contributed by atoms with Crippen molar-refractivity contribution in [1.29, 1.82) is 0 Å². The summed E-state index contributed by atoms with van der Waals surface area (Å²) in [6, 6.07) is 7.85. The molecule has 1 atom stereocenters. The van der Waals surface area contributed by atoms with Crippen LogP contribution in [0.15, 0.2) is 24.3 Å². The zero-order valence-corrected chi connectivity index (χ0v) is 11.1. The Morgan fingerprint density at radius 2 is 2.22 bits per heavy atom. The average molecular weight is 250 g/mol. The van der Waals surface area contributed by atoms with Crippen molar-refractivity contribution in [1.82, 2.24) is 0 Å². The fraction of sp³-hybridized carbons (Fsp3) is 0.500. The molecule has 0 aliphatic rings. The number of aryl methyl sites for hydroxylation is 1. The van der Waals surface area contributed by atoms with E-state index in [4.69, 9.17) is 10.5 Å². The molecular formula is C14H22N2O2. The molecule has 0 radical (unpaired) electrons. The number of ether oxygens (including phenoxy) is 1. The van der Waals surface area contributed by atoms with Gasteiger partial charge in [-0.15, -0.1) is 0 Å². The van der Waals surface area contributed by atoms with Crippen molar-refractivity contribution in [3.63, 3.8) is 0 Å². The minimum Gasteiger partial charge on any atom is -0.377 e. The Labute approximate surface area is 109 Å². The molecule has 1 amide bonds. The Balaban J connectivity index is 2.52. The summed E-state index contributed by atoms with van der Waals surface area (Å²) in [7, 11) is 0. The Kier molecular flexibility index (Phi) is 6.39. The van der Waals surface area contributed by atoms with Crippen LogP contribution in [0.4, 0.5) is 5.69 Å². The second kappa shape index (κ2) is 7.84. The molecule has 0 bridgehead atoms. The van der Waals surface area contributed by atoms with E-state index in [1.807, 2.05) is 31.2 Å². The third-order valence-corrected chi connectivity index (χ3v) is 2.70. The van der Waals surface area contributed by atoms with Gasteiger partial charge in [0.25, 0.3) is 0 Å². The summed E-state index contributed by atoms with van der Waals surface area (Å²) in [5.74, 6) is -0.0628. The molecule has 0 spiro atoms. The highest BCUT2D eigenvalue weighted by molar-refractivity contribution is 5.91. The van der Waals surface area contributed by atoms with E-state index in [0.717, 1.165) is 12.1 Å². The maximum absolute atomic E-state index is 11.8. The lowest BCUT2D eigenvalue weighted by atomic mass is 10.1. The first-order valence-corrected chi connectivity index (χ1v) is 6.40. The van der Waals surface area contributed by atoms with Gasteiger partial charge in [-0.05, 0) is 31.0 Å². The summed E-state index contributed by atoms with van der Waals surface area (Å²) < 4.78 is 5.36. The molecule has 0 saturated carbocycles. The first-order chi connectivity index (χ1) is 8.69. The van der Waals surface area contributed by atoms with Gasteiger partial charge in [-0.1, -0.05) is 19.1 Å². The molecule has 1 aromatic rings. The molecule has 4 heteroatoms. The summed E-state index contributed by atoms with van der Waals surface area (Å²) >= 11 is 0. The Bertz CT molecular complexity index is 380. The van der Waals surface area contributed by atoms with Crippen molar-refractivity contribution in [2.24, 2.45) is 5.73 Å². The number of carbonyl (C=O) groups is 1. The van der Waals surface area contributed by atoms with Gasteiger partial charge in [0.05, 0.1) is 12.5 Å². The largest absolute Gasteiger partial charge is 0.377 e. The first-order valence-electron chi connectivity index (χ1n) is 6.40. The van der Waals surface area contributed by atoms with Gasteiger partial charge in [-0.25, -0.2) is 0 Å². The number of nitrogens with one attached hydrogen (secondary N) is 1. The van der Waals surface area contributed by atoms with Crippen LogP contribution in [-0.4, -0.2) is 25.2 Å². The molecule has 0 aliphatic heterocycles. The summed E-state index contributed by atoms with van der Waals surface area (Å²) in [6.07, 6.45) is 1.04. The highest BCUT2D eigenvalue weighted by atomic mass is 16.5. The van der Waals surface area contributed by atoms with Gasteiger partial charge in [0.1, 0.15) is 0 Å². The third-order valence-electron chi connectivity index (χ3n) is 2.70.